The summed E-state index contributed by atoms with van der Waals surface area (Å²) in [6.45, 7) is 3.48. The van der Waals surface area contributed by atoms with Gasteiger partial charge in [0.05, 0.1) is 11.1 Å². The van der Waals surface area contributed by atoms with Gasteiger partial charge in [-0.15, -0.1) is 0 Å². The summed E-state index contributed by atoms with van der Waals surface area (Å²) in [6, 6.07) is 4.26. The predicted molar refractivity (Wildman–Crippen MR) is 94.3 cm³/mol. The Morgan fingerprint density at radius 3 is 2.69 bits per heavy atom. The highest BCUT2D eigenvalue weighted by molar-refractivity contribution is 6.24. The first-order valence-corrected chi connectivity index (χ1v) is 9.08. The van der Waals surface area contributed by atoms with Gasteiger partial charge in [-0.25, -0.2) is 0 Å². The van der Waals surface area contributed by atoms with Crippen LogP contribution in [0.4, 0.5) is 0 Å². The molecule has 0 saturated carbocycles. The van der Waals surface area contributed by atoms with Crippen molar-refractivity contribution in [1.82, 2.24) is 15.5 Å². The molecule has 0 bridgehead atoms. The van der Waals surface area contributed by atoms with Crippen LogP contribution in [0.15, 0.2) is 18.2 Å². The number of piperidine rings is 1. The number of amides is 4. The van der Waals surface area contributed by atoms with Crippen molar-refractivity contribution in [3.63, 3.8) is 0 Å². The predicted octanol–water partition coefficient (Wildman–Crippen LogP) is 1.37. The summed E-state index contributed by atoms with van der Waals surface area (Å²) < 4.78 is 0. The summed E-state index contributed by atoms with van der Waals surface area (Å²) in [5, 5.41) is 5.51. The van der Waals surface area contributed by atoms with Crippen LogP contribution in [0.25, 0.3) is 0 Å². The van der Waals surface area contributed by atoms with Crippen LogP contribution in [0, 0.1) is 0 Å². The van der Waals surface area contributed by atoms with E-state index in [9.17, 15) is 19.2 Å². The minimum absolute atomic E-state index is 0.121. The van der Waals surface area contributed by atoms with Gasteiger partial charge in [0.2, 0.25) is 11.8 Å². The maximum atomic E-state index is 12.9. The molecule has 1 fully saturated rings. The maximum absolute atomic E-state index is 12.9. The van der Waals surface area contributed by atoms with Gasteiger partial charge in [0.1, 0.15) is 6.04 Å². The molecule has 2 N–H and O–H groups in total. The molecule has 0 aliphatic carbocycles. The summed E-state index contributed by atoms with van der Waals surface area (Å²) in [5.74, 6) is -1.88. The summed E-state index contributed by atoms with van der Waals surface area (Å²) in [6.07, 6.45) is 3.62. The summed E-state index contributed by atoms with van der Waals surface area (Å²) in [5.41, 5.74) is 1.45. The van der Waals surface area contributed by atoms with Gasteiger partial charge < -0.3 is 5.32 Å². The van der Waals surface area contributed by atoms with Crippen LogP contribution in [-0.2, 0) is 16.1 Å². The second-order valence-corrected chi connectivity index (χ2v) is 6.67. The lowest BCUT2D eigenvalue weighted by Crippen LogP contribution is -2.54. The lowest BCUT2D eigenvalue weighted by molar-refractivity contribution is -0.136. The van der Waals surface area contributed by atoms with E-state index in [1.807, 2.05) is 6.07 Å². The van der Waals surface area contributed by atoms with Crippen molar-refractivity contribution in [2.75, 3.05) is 6.54 Å². The number of hydrogen-bond donors (Lipinski definition) is 2. The molecule has 26 heavy (non-hydrogen) atoms. The van der Waals surface area contributed by atoms with E-state index in [0.717, 1.165) is 36.3 Å². The van der Waals surface area contributed by atoms with Gasteiger partial charge in [-0.2, -0.15) is 0 Å². The van der Waals surface area contributed by atoms with Crippen molar-refractivity contribution < 1.29 is 19.2 Å². The molecule has 2 aliphatic rings. The van der Waals surface area contributed by atoms with Crippen molar-refractivity contribution in [1.29, 1.82) is 0 Å². The van der Waals surface area contributed by atoms with E-state index in [4.69, 9.17) is 0 Å². The molecule has 0 aromatic heterocycles. The first-order chi connectivity index (χ1) is 12.5. The largest absolute Gasteiger partial charge is 0.313 e. The maximum Gasteiger partial charge on any atom is 0.262 e. The number of rotatable bonds is 7. The van der Waals surface area contributed by atoms with Gasteiger partial charge in [0, 0.05) is 13.0 Å². The van der Waals surface area contributed by atoms with E-state index < -0.39 is 23.8 Å². The van der Waals surface area contributed by atoms with Gasteiger partial charge in [-0.3, -0.25) is 29.4 Å². The van der Waals surface area contributed by atoms with Crippen molar-refractivity contribution in [3.05, 3.63) is 34.9 Å². The van der Waals surface area contributed by atoms with Crippen LogP contribution >= 0.6 is 0 Å². The quantitative estimate of drug-likeness (QED) is 0.568. The molecular weight excluding hydrogens is 334 g/mol. The summed E-state index contributed by atoms with van der Waals surface area (Å²) in [4.78, 5) is 50.1. The molecule has 4 amide bonds. The van der Waals surface area contributed by atoms with Gasteiger partial charge in [0.15, 0.2) is 0 Å². The molecule has 7 heteroatoms. The molecule has 1 aromatic carbocycles. The van der Waals surface area contributed by atoms with Gasteiger partial charge in [-0.05, 0) is 31.0 Å². The Morgan fingerprint density at radius 2 is 1.96 bits per heavy atom. The highest BCUT2D eigenvalue weighted by Crippen LogP contribution is 2.29. The number of nitrogens with zero attached hydrogens (tertiary/aromatic N) is 1. The van der Waals surface area contributed by atoms with Crippen molar-refractivity contribution in [2.24, 2.45) is 0 Å². The Bertz CT molecular complexity index is 759. The molecular formula is C19H23N3O4. The fourth-order valence-electron chi connectivity index (χ4n) is 3.46. The minimum atomic E-state index is -0.925. The van der Waals surface area contributed by atoms with E-state index in [-0.39, 0.29) is 18.7 Å². The third-order valence-electron chi connectivity index (χ3n) is 4.83. The SMILES string of the molecule is CCCCCNCc1cccc2c1C(=O)N(C1CCC(=O)NC1=O)C2=O. The van der Waals surface area contributed by atoms with Gasteiger partial charge >= 0.3 is 0 Å². The van der Waals surface area contributed by atoms with Crippen LogP contribution < -0.4 is 10.6 Å². The molecule has 3 rings (SSSR count). The zero-order chi connectivity index (χ0) is 18.7. The number of fused-ring (bicyclic) bond motifs is 1. The number of benzene rings is 1. The van der Waals surface area contributed by atoms with Crippen LogP contribution in [0.1, 0.15) is 65.3 Å². The number of carbonyl (C=O) groups excluding carboxylic acids is 4. The van der Waals surface area contributed by atoms with E-state index in [0.29, 0.717) is 17.7 Å². The van der Waals surface area contributed by atoms with Gasteiger partial charge in [0.25, 0.3) is 11.8 Å². The normalized spacial score (nSPS) is 19.7. The van der Waals surface area contributed by atoms with E-state index in [1.165, 1.54) is 0 Å². The third-order valence-corrected chi connectivity index (χ3v) is 4.83. The van der Waals surface area contributed by atoms with Crippen LogP contribution in [0.5, 0.6) is 0 Å². The first kappa shape index (κ1) is 18.3. The topological polar surface area (TPSA) is 95.6 Å². The number of imide groups is 2. The lowest BCUT2D eigenvalue weighted by Gasteiger charge is -2.27. The van der Waals surface area contributed by atoms with E-state index in [2.05, 4.69) is 17.6 Å². The Hall–Kier alpha value is -2.54. The Kier molecular flexibility index (Phi) is 5.46. The second-order valence-electron chi connectivity index (χ2n) is 6.67. The minimum Gasteiger partial charge on any atom is -0.313 e. The average molecular weight is 357 g/mol. The summed E-state index contributed by atoms with van der Waals surface area (Å²) >= 11 is 0. The highest BCUT2D eigenvalue weighted by Gasteiger charge is 2.45. The van der Waals surface area contributed by atoms with Crippen molar-refractivity contribution >= 4 is 23.6 Å². The average Bonchev–Trinajstić information content (AvgIpc) is 2.87. The Balaban J connectivity index is 1.78. The molecule has 0 spiro atoms. The zero-order valence-electron chi connectivity index (χ0n) is 14.8. The monoisotopic (exact) mass is 357 g/mol. The van der Waals surface area contributed by atoms with Crippen molar-refractivity contribution in [3.8, 4) is 0 Å². The molecule has 1 atom stereocenters. The molecule has 2 heterocycles. The standard InChI is InChI=1S/C19H23N3O4/c1-2-3-4-10-20-11-12-6-5-7-13-16(12)19(26)22(18(13)25)14-8-9-15(23)21-17(14)24/h5-7,14,20H,2-4,8-11H2,1H3,(H,21,23,24). The van der Waals surface area contributed by atoms with E-state index >= 15 is 0 Å². The van der Waals surface area contributed by atoms with Crippen molar-refractivity contribution in [2.45, 2.75) is 51.6 Å². The second kappa shape index (κ2) is 7.78. The molecule has 7 nitrogen and oxygen atoms in total. The number of carbonyl (C=O) groups is 4. The fraction of sp³-hybridized carbons (Fsp3) is 0.474. The Labute approximate surface area is 152 Å². The van der Waals surface area contributed by atoms with Crippen LogP contribution in [0.2, 0.25) is 0 Å². The molecule has 1 aromatic rings. The molecule has 138 valence electrons. The number of hydrogen-bond acceptors (Lipinski definition) is 5. The highest BCUT2D eigenvalue weighted by atomic mass is 16.2. The number of nitrogens with one attached hydrogen (secondary N) is 2. The Morgan fingerprint density at radius 1 is 1.15 bits per heavy atom. The third kappa shape index (κ3) is 3.39. The van der Waals surface area contributed by atoms with Crippen LogP contribution in [0.3, 0.4) is 0 Å². The first-order valence-electron chi connectivity index (χ1n) is 9.08. The van der Waals surface area contributed by atoms with Gasteiger partial charge in [-0.1, -0.05) is 31.9 Å². The molecule has 1 saturated heterocycles. The number of unbranched alkanes of at least 4 members (excludes halogenated alkanes) is 2. The van der Waals surface area contributed by atoms with Crippen LogP contribution in [-0.4, -0.2) is 41.1 Å². The molecule has 0 radical (unpaired) electrons. The fourth-order valence-corrected chi connectivity index (χ4v) is 3.46. The zero-order valence-corrected chi connectivity index (χ0v) is 14.8. The molecule has 2 aliphatic heterocycles. The smallest absolute Gasteiger partial charge is 0.262 e. The van der Waals surface area contributed by atoms with E-state index in [1.54, 1.807) is 12.1 Å². The lowest BCUT2D eigenvalue weighted by atomic mass is 10.0. The summed E-state index contributed by atoms with van der Waals surface area (Å²) in [7, 11) is 0. The molecule has 1 unspecified atom stereocenters.